The number of aromatic nitrogens is 1. The van der Waals surface area contributed by atoms with Crippen molar-refractivity contribution < 1.29 is 0 Å². The lowest BCUT2D eigenvalue weighted by atomic mass is 9.96. The van der Waals surface area contributed by atoms with Crippen LogP contribution in [0.3, 0.4) is 0 Å². The van der Waals surface area contributed by atoms with Crippen LogP contribution in [0.15, 0.2) is 54.7 Å². The molecule has 0 fully saturated rings. The number of rotatable bonds is 2. The van der Waals surface area contributed by atoms with Gasteiger partial charge in [0.25, 0.3) is 0 Å². The summed E-state index contributed by atoms with van der Waals surface area (Å²) in [6.07, 6.45) is 3.12. The van der Waals surface area contributed by atoms with Crippen LogP contribution in [0, 0.1) is 0 Å². The molecule has 0 aliphatic carbocycles. The fraction of sp³-hybridized carbons (Fsp3) is 0.222. The van der Waals surface area contributed by atoms with Crippen LogP contribution in [-0.2, 0) is 0 Å². The molecule has 3 heteroatoms. The molecule has 0 amide bonds. The quantitative estimate of drug-likeness (QED) is 0.742. The van der Waals surface area contributed by atoms with Gasteiger partial charge in [-0.15, -0.1) is 0 Å². The van der Waals surface area contributed by atoms with Gasteiger partial charge in [-0.2, -0.15) is 0 Å². The fourth-order valence-electron chi connectivity index (χ4n) is 3.34. The number of aromatic amines is 1. The number of hydrogen-bond donors (Lipinski definition) is 2. The molecule has 3 nitrogen and oxygen atoms in total. The third-order valence-corrected chi connectivity index (χ3v) is 4.44. The van der Waals surface area contributed by atoms with Gasteiger partial charge in [0.15, 0.2) is 0 Å². The second-order valence-corrected chi connectivity index (χ2v) is 5.59. The summed E-state index contributed by atoms with van der Waals surface area (Å²) in [7, 11) is 2.04. The summed E-state index contributed by atoms with van der Waals surface area (Å²) < 4.78 is 0. The Hall–Kier alpha value is -2.26. The standard InChI is InChI=1S/C18H19N3/c1-19-17-9-11-21(18-5-3-2-4-15(17)18)14-6-7-16-13(12-14)8-10-20-16/h2-8,10,12,17,19-20H,9,11H2,1H3. The first kappa shape index (κ1) is 12.5. The molecule has 2 heterocycles. The minimum absolute atomic E-state index is 0.452. The maximum absolute atomic E-state index is 3.43. The van der Waals surface area contributed by atoms with Crippen molar-refractivity contribution in [1.29, 1.82) is 0 Å². The van der Waals surface area contributed by atoms with E-state index in [1.165, 1.54) is 27.8 Å². The number of nitrogens with zero attached hydrogens (tertiary/aromatic N) is 1. The van der Waals surface area contributed by atoms with E-state index in [2.05, 4.69) is 63.7 Å². The Labute approximate surface area is 124 Å². The number of H-pyrrole nitrogens is 1. The molecular formula is C18H19N3. The Kier molecular flexibility index (Phi) is 2.93. The molecule has 0 bridgehead atoms. The predicted octanol–water partition coefficient (Wildman–Crippen LogP) is 3.97. The normalized spacial score (nSPS) is 18.0. The lowest BCUT2D eigenvalue weighted by Crippen LogP contribution is -2.31. The van der Waals surface area contributed by atoms with E-state index in [0.29, 0.717) is 6.04 Å². The van der Waals surface area contributed by atoms with Crippen molar-refractivity contribution in [2.24, 2.45) is 0 Å². The van der Waals surface area contributed by atoms with E-state index in [0.717, 1.165) is 13.0 Å². The van der Waals surface area contributed by atoms with Gasteiger partial charge in [-0.3, -0.25) is 0 Å². The van der Waals surface area contributed by atoms with Crippen molar-refractivity contribution >= 4 is 22.3 Å². The average Bonchev–Trinajstić information content (AvgIpc) is 3.01. The molecule has 2 N–H and O–H groups in total. The molecule has 0 radical (unpaired) electrons. The van der Waals surface area contributed by atoms with Crippen molar-refractivity contribution in [2.75, 3.05) is 18.5 Å². The number of anilines is 2. The van der Waals surface area contributed by atoms with Crippen molar-refractivity contribution in [1.82, 2.24) is 10.3 Å². The molecule has 0 saturated carbocycles. The van der Waals surface area contributed by atoms with E-state index in [1.54, 1.807) is 0 Å². The van der Waals surface area contributed by atoms with E-state index in [1.807, 2.05) is 13.2 Å². The smallest absolute Gasteiger partial charge is 0.0459 e. The molecule has 1 aromatic heterocycles. The van der Waals surface area contributed by atoms with Crippen LogP contribution in [0.4, 0.5) is 11.4 Å². The Morgan fingerprint density at radius 1 is 1.14 bits per heavy atom. The van der Waals surface area contributed by atoms with Crippen LogP contribution in [0.5, 0.6) is 0 Å². The summed E-state index contributed by atoms with van der Waals surface area (Å²) in [6, 6.07) is 17.9. The van der Waals surface area contributed by atoms with Crippen LogP contribution < -0.4 is 10.2 Å². The highest BCUT2D eigenvalue weighted by atomic mass is 15.2. The molecular weight excluding hydrogens is 258 g/mol. The molecule has 1 unspecified atom stereocenters. The molecule has 1 aliphatic heterocycles. The second kappa shape index (κ2) is 4.93. The summed E-state index contributed by atoms with van der Waals surface area (Å²) in [4.78, 5) is 5.68. The minimum atomic E-state index is 0.452. The van der Waals surface area contributed by atoms with E-state index in [9.17, 15) is 0 Å². The van der Waals surface area contributed by atoms with Gasteiger partial charge in [0.1, 0.15) is 0 Å². The van der Waals surface area contributed by atoms with Gasteiger partial charge in [-0.05, 0) is 49.4 Å². The van der Waals surface area contributed by atoms with Crippen molar-refractivity contribution in [3.05, 3.63) is 60.3 Å². The van der Waals surface area contributed by atoms with E-state index >= 15 is 0 Å². The Bertz CT molecular complexity index is 775. The molecule has 4 rings (SSSR count). The van der Waals surface area contributed by atoms with Crippen LogP contribution in [0.1, 0.15) is 18.0 Å². The van der Waals surface area contributed by atoms with Gasteiger partial charge < -0.3 is 15.2 Å². The summed E-state index contributed by atoms with van der Waals surface area (Å²) in [5, 5.41) is 4.69. The molecule has 2 aromatic carbocycles. The van der Waals surface area contributed by atoms with Gasteiger partial charge in [0, 0.05) is 41.1 Å². The summed E-state index contributed by atoms with van der Waals surface area (Å²) in [5.74, 6) is 0. The summed E-state index contributed by atoms with van der Waals surface area (Å²) >= 11 is 0. The number of nitrogens with one attached hydrogen (secondary N) is 2. The van der Waals surface area contributed by atoms with E-state index in [4.69, 9.17) is 0 Å². The maximum atomic E-state index is 3.43. The number of para-hydroxylation sites is 1. The molecule has 0 saturated heterocycles. The van der Waals surface area contributed by atoms with Crippen LogP contribution in [0.25, 0.3) is 10.9 Å². The molecule has 1 atom stereocenters. The highest BCUT2D eigenvalue weighted by molar-refractivity contribution is 5.85. The predicted molar refractivity (Wildman–Crippen MR) is 88.2 cm³/mol. The minimum Gasteiger partial charge on any atom is -0.361 e. The van der Waals surface area contributed by atoms with E-state index in [-0.39, 0.29) is 0 Å². The van der Waals surface area contributed by atoms with Crippen molar-refractivity contribution in [2.45, 2.75) is 12.5 Å². The Balaban J connectivity index is 1.81. The van der Waals surface area contributed by atoms with Gasteiger partial charge in [-0.25, -0.2) is 0 Å². The highest BCUT2D eigenvalue weighted by Gasteiger charge is 2.24. The van der Waals surface area contributed by atoms with Crippen molar-refractivity contribution in [3.8, 4) is 0 Å². The maximum Gasteiger partial charge on any atom is 0.0459 e. The third kappa shape index (κ3) is 2.01. The number of hydrogen-bond acceptors (Lipinski definition) is 2. The van der Waals surface area contributed by atoms with Crippen molar-refractivity contribution in [3.63, 3.8) is 0 Å². The fourth-order valence-corrected chi connectivity index (χ4v) is 3.34. The van der Waals surface area contributed by atoms with Gasteiger partial charge in [0.05, 0.1) is 0 Å². The zero-order valence-corrected chi connectivity index (χ0v) is 12.1. The van der Waals surface area contributed by atoms with Gasteiger partial charge in [0.2, 0.25) is 0 Å². The molecule has 3 aromatic rings. The largest absolute Gasteiger partial charge is 0.361 e. The van der Waals surface area contributed by atoms with Crippen LogP contribution in [0.2, 0.25) is 0 Å². The number of benzene rings is 2. The van der Waals surface area contributed by atoms with Crippen LogP contribution in [-0.4, -0.2) is 18.6 Å². The number of fused-ring (bicyclic) bond motifs is 2. The third-order valence-electron chi connectivity index (χ3n) is 4.44. The topological polar surface area (TPSA) is 31.1 Å². The first-order valence-corrected chi connectivity index (χ1v) is 7.48. The lowest BCUT2D eigenvalue weighted by molar-refractivity contribution is 0.534. The molecule has 0 spiro atoms. The monoisotopic (exact) mass is 277 g/mol. The zero-order valence-electron chi connectivity index (χ0n) is 12.1. The highest BCUT2D eigenvalue weighted by Crippen LogP contribution is 2.38. The first-order valence-electron chi connectivity index (χ1n) is 7.48. The Morgan fingerprint density at radius 3 is 2.95 bits per heavy atom. The first-order chi connectivity index (χ1) is 10.4. The van der Waals surface area contributed by atoms with E-state index < -0.39 is 0 Å². The lowest BCUT2D eigenvalue weighted by Gasteiger charge is -2.35. The molecule has 21 heavy (non-hydrogen) atoms. The molecule has 1 aliphatic rings. The Morgan fingerprint density at radius 2 is 2.05 bits per heavy atom. The summed E-state index contributed by atoms with van der Waals surface area (Å²) in [6.45, 7) is 1.04. The SMILES string of the molecule is CNC1CCN(c2ccc3[nH]ccc3c2)c2ccccc21. The van der Waals surface area contributed by atoms with Gasteiger partial charge >= 0.3 is 0 Å². The summed E-state index contributed by atoms with van der Waals surface area (Å²) in [5.41, 5.74) is 5.17. The zero-order chi connectivity index (χ0) is 14.2. The second-order valence-electron chi connectivity index (χ2n) is 5.59. The molecule has 106 valence electrons. The van der Waals surface area contributed by atoms with Gasteiger partial charge in [-0.1, -0.05) is 18.2 Å². The average molecular weight is 277 g/mol. The van der Waals surface area contributed by atoms with Crippen LogP contribution >= 0.6 is 0 Å².